The van der Waals surface area contributed by atoms with E-state index in [-0.39, 0.29) is 36.7 Å². The van der Waals surface area contributed by atoms with Gasteiger partial charge in [0.25, 0.3) is 5.91 Å². The molecule has 3 amide bonds. The molecule has 2 rings (SSSR count). The Morgan fingerprint density at radius 3 is 1.95 bits per heavy atom. The van der Waals surface area contributed by atoms with E-state index in [0.29, 0.717) is 19.4 Å². The van der Waals surface area contributed by atoms with Crippen LogP contribution in [-0.4, -0.2) is 74.9 Å². The molecule has 0 aliphatic carbocycles. The first-order valence-corrected chi connectivity index (χ1v) is 7.73. The van der Waals surface area contributed by atoms with E-state index in [9.17, 15) is 14.7 Å². The highest BCUT2D eigenvalue weighted by atomic mass is 16.3. The van der Waals surface area contributed by atoms with Crippen molar-refractivity contribution in [3.63, 3.8) is 0 Å². The second kappa shape index (κ2) is 5.47. The van der Waals surface area contributed by atoms with E-state index >= 15 is 0 Å². The Kier molecular flexibility index (Phi) is 4.27. The topological polar surface area (TPSA) is 93.1 Å². The van der Waals surface area contributed by atoms with Crippen molar-refractivity contribution in [2.45, 2.75) is 57.2 Å². The molecule has 2 saturated heterocycles. The number of urea groups is 1. The van der Waals surface area contributed by atoms with Gasteiger partial charge >= 0.3 is 6.03 Å². The maximum absolute atomic E-state index is 12.8. The zero-order chi connectivity index (χ0) is 16.8. The maximum atomic E-state index is 12.8. The number of hydrogen-bond acceptors (Lipinski definition) is 5. The van der Waals surface area contributed by atoms with E-state index in [1.54, 1.807) is 0 Å². The molecule has 126 valence electrons. The van der Waals surface area contributed by atoms with E-state index in [1.165, 1.54) is 0 Å². The van der Waals surface area contributed by atoms with Crippen LogP contribution in [0.5, 0.6) is 0 Å². The van der Waals surface area contributed by atoms with Gasteiger partial charge in [-0.05, 0) is 40.5 Å². The van der Waals surface area contributed by atoms with Gasteiger partial charge in [-0.15, -0.1) is 0 Å². The molecule has 0 unspecified atom stereocenters. The van der Waals surface area contributed by atoms with Crippen LogP contribution in [0.2, 0.25) is 0 Å². The number of likely N-dealkylation sites (tertiary alicyclic amines) is 1. The van der Waals surface area contributed by atoms with Crippen LogP contribution in [-0.2, 0) is 4.79 Å². The first kappa shape index (κ1) is 17.2. The molecule has 0 bridgehead atoms. The highest BCUT2D eigenvalue weighted by molar-refractivity contribution is 6.07. The Balaban J connectivity index is 2.35. The summed E-state index contributed by atoms with van der Waals surface area (Å²) in [7, 11) is 0. The van der Waals surface area contributed by atoms with E-state index in [2.05, 4.69) is 10.2 Å². The third-order valence-corrected chi connectivity index (χ3v) is 4.82. The molecule has 0 radical (unpaired) electrons. The first-order valence-electron chi connectivity index (χ1n) is 7.73. The summed E-state index contributed by atoms with van der Waals surface area (Å²) in [5.74, 6) is -0.253. The second-order valence-corrected chi connectivity index (χ2v) is 7.55. The molecule has 2 heterocycles. The molecule has 1 spiro atoms. The fourth-order valence-corrected chi connectivity index (χ4v) is 4.47. The molecule has 0 aromatic carbocycles. The molecule has 7 nitrogen and oxygen atoms in total. The van der Waals surface area contributed by atoms with E-state index < -0.39 is 11.6 Å². The summed E-state index contributed by atoms with van der Waals surface area (Å²) in [6.45, 7) is 8.47. The average Bonchev–Trinajstić information content (AvgIpc) is 2.57. The Hall–Kier alpha value is -1.18. The molecule has 2 fully saturated rings. The van der Waals surface area contributed by atoms with Crippen LogP contribution in [0.1, 0.15) is 40.5 Å². The Labute approximate surface area is 131 Å². The lowest BCUT2D eigenvalue weighted by Crippen LogP contribution is -2.70. The van der Waals surface area contributed by atoms with Gasteiger partial charge in [0.1, 0.15) is 5.54 Å². The number of β-amino-alcohol motifs (C(OH)–C–C–N with tert-alkyl or cyclic N) is 2. The highest BCUT2D eigenvalue weighted by Gasteiger charge is 2.60. The second-order valence-electron chi connectivity index (χ2n) is 7.55. The number of rotatable bonds is 4. The van der Waals surface area contributed by atoms with Crippen molar-refractivity contribution in [1.82, 2.24) is 15.1 Å². The fraction of sp³-hybridized carbons (Fsp3) is 0.867. The number of nitrogens with zero attached hydrogens (tertiary/aromatic N) is 2. The molecule has 22 heavy (non-hydrogen) atoms. The number of piperidine rings is 1. The van der Waals surface area contributed by atoms with E-state index in [1.807, 2.05) is 27.7 Å². The lowest BCUT2D eigenvalue weighted by molar-refractivity contribution is -0.141. The van der Waals surface area contributed by atoms with E-state index in [0.717, 1.165) is 4.90 Å². The van der Waals surface area contributed by atoms with Crippen molar-refractivity contribution in [3.05, 3.63) is 0 Å². The third kappa shape index (κ3) is 2.61. The van der Waals surface area contributed by atoms with Gasteiger partial charge < -0.3 is 15.5 Å². The zero-order valence-corrected chi connectivity index (χ0v) is 13.8. The number of imide groups is 1. The van der Waals surface area contributed by atoms with Crippen LogP contribution in [0, 0.1) is 0 Å². The lowest BCUT2D eigenvalue weighted by Gasteiger charge is -2.57. The minimum Gasteiger partial charge on any atom is -0.395 e. The maximum Gasteiger partial charge on any atom is 0.325 e. The third-order valence-electron chi connectivity index (χ3n) is 4.82. The van der Waals surface area contributed by atoms with Crippen LogP contribution in [0.25, 0.3) is 0 Å². The van der Waals surface area contributed by atoms with Crippen LogP contribution >= 0.6 is 0 Å². The Morgan fingerprint density at radius 2 is 1.50 bits per heavy atom. The predicted molar refractivity (Wildman–Crippen MR) is 81.2 cm³/mol. The van der Waals surface area contributed by atoms with Crippen molar-refractivity contribution in [3.8, 4) is 0 Å². The summed E-state index contributed by atoms with van der Waals surface area (Å²) in [5, 5.41) is 21.3. The fourth-order valence-electron chi connectivity index (χ4n) is 4.47. The quantitative estimate of drug-likeness (QED) is 0.631. The lowest BCUT2D eigenvalue weighted by atomic mass is 9.69. The number of amides is 3. The van der Waals surface area contributed by atoms with Crippen molar-refractivity contribution in [2.75, 3.05) is 26.3 Å². The minimum absolute atomic E-state index is 0.0215. The highest BCUT2D eigenvalue weighted by Crippen LogP contribution is 2.45. The van der Waals surface area contributed by atoms with Gasteiger partial charge in [-0.2, -0.15) is 0 Å². The van der Waals surface area contributed by atoms with Gasteiger partial charge in [0, 0.05) is 17.6 Å². The van der Waals surface area contributed by atoms with Gasteiger partial charge in [0.2, 0.25) is 0 Å². The number of aliphatic hydroxyl groups is 2. The van der Waals surface area contributed by atoms with Gasteiger partial charge in [-0.3, -0.25) is 14.6 Å². The summed E-state index contributed by atoms with van der Waals surface area (Å²) in [6.07, 6.45) is 0.964. The number of carbonyl (C=O) groups excluding carboxylic acids is 2. The van der Waals surface area contributed by atoms with Gasteiger partial charge in [0.15, 0.2) is 0 Å². The largest absolute Gasteiger partial charge is 0.395 e. The molecule has 0 aromatic rings. The standard InChI is InChI=1S/C15H27N3O4/c1-13(2)9-15(10-14(3,4)18(13)6-8-20)11(21)17(5-7-19)12(22)16-15/h19-20H,5-10H2,1-4H3,(H,16,22). The summed E-state index contributed by atoms with van der Waals surface area (Å²) in [5.41, 5.74) is -1.61. The van der Waals surface area contributed by atoms with Crippen LogP contribution in [0.3, 0.4) is 0 Å². The first-order chi connectivity index (χ1) is 10.1. The van der Waals surface area contributed by atoms with Gasteiger partial charge in [0.05, 0.1) is 19.8 Å². The van der Waals surface area contributed by atoms with Crippen LogP contribution in [0.15, 0.2) is 0 Å². The molecule has 7 heteroatoms. The average molecular weight is 313 g/mol. The van der Waals surface area contributed by atoms with Crippen LogP contribution in [0.4, 0.5) is 4.79 Å². The normalized spacial score (nSPS) is 26.5. The minimum atomic E-state index is -0.925. The number of hydrogen-bond donors (Lipinski definition) is 3. The summed E-state index contributed by atoms with van der Waals surface area (Å²) >= 11 is 0. The monoisotopic (exact) mass is 313 g/mol. The van der Waals surface area contributed by atoms with E-state index in [4.69, 9.17) is 5.11 Å². The molecule has 2 aliphatic rings. The van der Waals surface area contributed by atoms with Gasteiger partial charge in [-0.1, -0.05) is 0 Å². The molecular weight excluding hydrogens is 286 g/mol. The Bertz CT molecular complexity index is 457. The number of nitrogens with one attached hydrogen (secondary N) is 1. The van der Waals surface area contributed by atoms with Gasteiger partial charge in [-0.25, -0.2) is 4.79 Å². The molecule has 2 aliphatic heterocycles. The predicted octanol–water partition coefficient (Wildman–Crippen LogP) is -0.0854. The zero-order valence-electron chi connectivity index (χ0n) is 13.8. The van der Waals surface area contributed by atoms with Crippen molar-refractivity contribution in [1.29, 1.82) is 0 Å². The van der Waals surface area contributed by atoms with Crippen molar-refractivity contribution in [2.24, 2.45) is 0 Å². The summed E-state index contributed by atoms with van der Waals surface area (Å²) in [4.78, 5) is 28.2. The summed E-state index contributed by atoms with van der Waals surface area (Å²) < 4.78 is 0. The Morgan fingerprint density at radius 1 is 1.00 bits per heavy atom. The van der Waals surface area contributed by atoms with Crippen molar-refractivity contribution >= 4 is 11.9 Å². The molecule has 0 saturated carbocycles. The summed E-state index contributed by atoms with van der Waals surface area (Å²) in [6, 6.07) is -0.429. The molecule has 0 atom stereocenters. The van der Waals surface area contributed by atoms with Crippen LogP contribution < -0.4 is 5.32 Å². The number of carbonyl (C=O) groups is 2. The molecular formula is C15H27N3O4. The van der Waals surface area contributed by atoms with Crippen molar-refractivity contribution < 1.29 is 19.8 Å². The smallest absolute Gasteiger partial charge is 0.325 e. The number of aliphatic hydroxyl groups excluding tert-OH is 2. The SMILES string of the molecule is CC1(C)CC2(CC(C)(C)N1CCO)NC(=O)N(CCO)C2=O. The molecule has 0 aromatic heterocycles. The molecule has 3 N–H and O–H groups in total.